The molecule has 0 bridgehead atoms. The van der Waals surface area contributed by atoms with E-state index >= 15 is 0 Å². The molecule has 0 saturated carbocycles. The topological polar surface area (TPSA) is 58.9 Å². The molecule has 0 radical (unpaired) electrons. The molecule has 0 heterocycles. The summed E-state index contributed by atoms with van der Waals surface area (Å²) in [6, 6.07) is 12.9. The van der Waals surface area contributed by atoms with Crippen molar-refractivity contribution >= 4 is 0 Å². The van der Waals surface area contributed by atoms with E-state index in [1.54, 1.807) is 0 Å². The number of unbranched alkanes of at least 4 members (excludes halogenated alkanes) is 1. The van der Waals surface area contributed by atoms with Crippen molar-refractivity contribution in [1.82, 2.24) is 0 Å². The number of rotatable bonds is 12. The minimum absolute atomic E-state index is 0.0145. The zero-order chi connectivity index (χ0) is 21.3. The molecule has 4 heteroatoms. The third kappa shape index (κ3) is 5.52. The van der Waals surface area contributed by atoms with E-state index in [1.165, 1.54) is 11.1 Å². The van der Waals surface area contributed by atoms with Gasteiger partial charge >= 0.3 is 0 Å². The maximum atomic E-state index is 9.04. The van der Waals surface area contributed by atoms with Gasteiger partial charge in [-0.05, 0) is 61.1 Å². The lowest BCUT2D eigenvalue weighted by atomic mass is 9.68. The molecule has 2 N–H and O–H groups in total. The van der Waals surface area contributed by atoms with Gasteiger partial charge in [0.25, 0.3) is 0 Å². The zero-order valence-corrected chi connectivity index (χ0v) is 18.3. The smallest absolute Gasteiger partial charge is 0.122 e. The lowest BCUT2D eigenvalue weighted by Crippen LogP contribution is -2.27. The summed E-state index contributed by atoms with van der Waals surface area (Å²) in [5, 5.41) is 18.1. The fourth-order valence-electron chi connectivity index (χ4n) is 4.05. The van der Waals surface area contributed by atoms with Gasteiger partial charge in [-0.2, -0.15) is 0 Å². The number of benzene rings is 2. The van der Waals surface area contributed by atoms with Crippen LogP contribution >= 0.6 is 0 Å². The van der Waals surface area contributed by atoms with Crippen molar-refractivity contribution in [2.24, 2.45) is 0 Å². The molecule has 160 valence electrons. The third-order valence-electron chi connectivity index (χ3n) is 5.71. The van der Waals surface area contributed by atoms with Crippen LogP contribution in [0.2, 0.25) is 0 Å². The molecule has 0 spiro atoms. The Balaban J connectivity index is 2.48. The summed E-state index contributed by atoms with van der Waals surface area (Å²) < 4.78 is 11.3. The third-order valence-corrected chi connectivity index (χ3v) is 5.71. The molecule has 0 amide bonds. The first-order valence-electron chi connectivity index (χ1n) is 10.7. The van der Waals surface area contributed by atoms with Crippen molar-refractivity contribution < 1.29 is 19.7 Å². The number of hydrogen-bond acceptors (Lipinski definition) is 4. The van der Waals surface area contributed by atoms with E-state index in [4.69, 9.17) is 19.7 Å². The van der Waals surface area contributed by atoms with Crippen LogP contribution in [0.15, 0.2) is 36.4 Å². The number of hydrogen-bond donors (Lipinski definition) is 2. The van der Waals surface area contributed by atoms with E-state index < -0.39 is 0 Å². The first kappa shape index (κ1) is 23.2. The van der Waals surface area contributed by atoms with Crippen LogP contribution < -0.4 is 9.47 Å². The number of ether oxygens (including phenoxy) is 2. The second kappa shape index (κ2) is 11.2. The van der Waals surface area contributed by atoms with E-state index in [-0.39, 0.29) is 18.6 Å². The molecule has 0 aliphatic carbocycles. The molecular formula is C25H36O4. The predicted octanol–water partition coefficient (Wildman–Crippen LogP) is 4.93. The molecule has 0 saturated heterocycles. The monoisotopic (exact) mass is 400 g/mol. The normalized spacial score (nSPS) is 11.5. The average molecular weight is 401 g/mol. The highest BCUT2D eigenvalue weighted by atomic mass is 16.5. The van der Waals surface area contributed by atoms with Crippen molar-refractivity contribution in [3.8, 4) is 11.5 Å². The Morgan fingerprint density at radius 3 is 1.62 bits per heavy atom. The van der Waals surface area contributed by atoms with Crippen molar-refractivity contribution in [3.05, 3.63) is 58.7 Å². The first-order valence-corrected chi connectivity index (χ1v) is 10.7. The van der Waals surface area contributed by atoms with Gasteiger partial charge in [0.15, 0.2) is 0 Å². The van der Waals surface area contributed by atoms with E-state index in [1.807, 2.05) is 12.1 Å². The highest BCUT2D eigenvalue weighted by Gasteiger charge is 2.32. The molecule has 0 aliphatic heterocycles. The zero-order valence-electron chi connectivity index (χ0n) is 18.3. The lowest BCUT2D eigenvalue weighted by molar-refractivity contribution is 0.200. The van der Waals surface area contributed by atoms with Gasteiger partial charge in [0.1, 0.15) is 24.7 Å². The second-order valence-corrected chi connectivity index (χ2v) is 7.64. The van der Waals surface area contributed by atoms with Crippen molar-refractivity contribution in [2.75, 3.05) is 26.4 Å². The summed E-state index contributed by atoms with van der Waals surface area (Å²) in [6.07, 6.45) is 4.37. The summed E-state index contributed by atoms with van der Waals surface area (Å²) in [5.74, 6) is 1.65. The molecule has 4 nitrogen and oxygen atoms in total. The summed E-state index contributed by atoms with van der Waals surface area (Å²) >= 11 is 0. The van der Waals surface area contributed by atoms with E-state index in [0.29, 0.717) is 13.2 Å². The second-order valence-electron chi connectivity index (χ2n) is 7.64. The summed E-state index contributed by atoms with van der Waals surface area (Å²) in [7, 11) is 0. The molecule has 0 atom stereocenters. The quantitative estimate of drug-likeness (QED) is 0.530. The summed E-state index contributed by atoms with van der Waals surface area (Å²) in [4.78, 5) is 0. The molecule has 0 unspecified atom stereocenters. The molecular weight excluding hydrogens is 364 g/mol. The van der Waals surface area contributed by atoms with Crippen molar-refractivity contribution in [1.29, 1.82) is 0 Å². The van der Waals surface area contributed by atoms with Crippen LogP contribution in [0.4, 0.5) is 0 Å². The maximum Gasteiger partial charge on any atom is 0.122 e. The van der Waals surface area contributed by atoms with Gasteiger partial charge in [-0.1, -0.05) is 51.0 Å². The van der Waals surface area contributed by atoms with E-state index in [0.717, 1.165) is 48.3 Å². The van der Waals surface area contributed by atoms with E-state index in [2.05, 4.69) is 52.0 Å². The van der Waals surface area contributed by atoms with Gasteiger partial charge in [-0.25, -0.2) is 0 Å². The maximum absolute atomic E-state index is 9.04. The minimum Gasteiger partial charge on any atom is -0.491 e. The SMILES string of the molecule is CCCCC(CC)(c1ccc(OCCO)c(C)c1)c1ccc(OCCO)c(C)c1. The molecule has 0 aliphatic rings. The molecule has 2 rings (SSSR count). The van der Waals surface area contributed by atoms with Gasteiger partial charge in [0.2, 0.25) is 0 Å². The average Bonchev–Trinajstić information content (AvgIpc) is 2.73. The van der Waals surface area contributed by atoms with Crippen molar-refractivity contribution in [3.63, 3.8) is 0 Å². The largest absolute Gasteiger partial charge is 0.491 e. The standard InChI is InChI=1S/C25H36O4/c1-5-7-12-25(6-2,21-8-10-23(19(3)17-21)28-15-13-26)22-9-11-24(20(4)18-22)29-16-14-27/h8-11,17-18,26-27H,5-7,12-16H2,1-4H3. The Kier molecular flexibility index (Phi) is 8.99. The number of aliphatic hydroxyl groups is 2. The van der Waals surface area contributed by atoms with Gasteiger partial charge in [0.05, 0.1) is 13.2 Å². The van der Waals surface area contributed by atoms with Crippen LogP contribution in [0.1, 0.15) is 61.8 Å². The molecule has 0 aromatic heterocycles. The minimum atomic E-state index is -0.0729. The van der Waals surface area contributed by atoms with E-state index in [9.17, 15) is 0 Å². The van der Waals surface area contributed by atoms with Crippen molar-refractivity contribution in [2.45, 2.75) is 58.8 Å². The highest BCUT2D eigenvalue weighted by Crippen LogP contribution is 2.42. The van der Waals surface area contributed by atoms with Crippen LogP contribution in [0.5, 0.6) is 11.5 Å². The molecule has 0 fully saturated rings. The Morgan fingerprint density at radius 2 is 1.28 bits per heavy atom. The highest BCUT2D eigenvalue weighted by molar-refractivity contribution is 5.48. The summed E-state index contributed by atoms with van der Waals surface area (Å²) in [6.45, 7) is 9.26. The molecule has 2 aromatic carbocycles. The van der Waals surface area contributed by atoms with Crippen LogP contribution in [0, 0.1) is 13.8 Å². The molecule has 2 aromatic rings. The fourth-order valence-corrected chi connectivity index (χ4v) is 4.05. The number of aliphatic hydroxyl groups excluding tert-OH is 2. The van der Waals surface area contributed by atoms with Crippen LogP contribution in [-0.4, -0.2) is 36.6 Å². The first-order chi connectivity index (χ1) is 14.0. The Bertz CT molecular complexity index is 712. The Hall–Kier alpha value is -2.04. The van der Waals surface area contributed by atoms with Crippen LogP contribution in [0.3, 0.4) is 0 Å². The van der Waals surface area contributed by atoms with Gasteiger partial charge < -0.3 is 19.7 Å². The van der Waals surface area contributed by atoms with Crippen LogP contribution in [0.25, 0.3) is 0 Å². The van der Waals surface area contributed by atoms with Gasteiger partial charge in [0, 0.05) is 5.41 Å². The summed E-state index contributed by atoms with van der Waals surface area (Å²) in [5.41, 5.74) is 4.70. The number of aryl methyl sites for hydroxylation is 2. The Morgan fingerprint density at radius 1 is 0.793 bits per heavy atom. The van der Waals surface area contributed by atoms with Crippen LogP contribution in [-0.2, 0) is 5.41 Å². The van der Waals surface area contributed by atoms with Gasteiger partial charge in [-0.15, -0.1) is 0 Å². The molecule has 29 heavy (non-hydrogen) atoms. The fraction of sp³-hybridized carbons (Fsp3) is 0.520. The van der Waals surface area contributed by atoms with Gasteiger partial charge in [-0.3, -0.25) is 0 Å². The lowest BCUT2D eigenvalue weighted by Gasteiger charge is -2.35. The Labute approximate surface area is 175 Å². The predicted molar refractivity (Wildman–Crippen MR) is 118 cm³/mol.